The van der Waals surface area contributed by atoms with E-state index in [-0.39, 0.29) is 18.4 Å². The van der Waals surface area contributed by atoms with Crippen molar-refractivity contribution in [1.82, 2.24) is 10.2 Å². The molecule has 1 N–H and O–H groups in total. The Labute approximate surface area is 142 Å². The second kappa shape index (κ2) is 9.50. The minimum absolute atomic E-state index is 0. The van der Waals surface area contributed by atoms with Crippen molar-refractivity contribution in [2.45, 2.75) is 44.8 Å². The smallest absolute Gasteiger partial charge is 0.314 e. The summed E-state index contributed by atoms with van der Waals surface area (Å²) < 4.78 is 40.0. The van der Waals surface area contributed by atoms with Gasteiger partial charge in [0.25, 0.3) is 0 Å². The Kier molecular flexibility index (Phi) is 8.37. The number of nitrogens with zero attached hydrogens (tertiary/aromatic N) is 1. The molecule has 0 aliphatic carbocycles. The normalized spacial score (nSPS) is 17.6. The second-order valence-corrected chi connectivity index (χ2v) is 5.88. The van der Waals surface area contributed by atoms with Crippen LogP contribution in [0.25, 0.3) is 0 Å². The Hall–Kier alpha value is -0.780. The highest BCUT2D eigenvalue weighted by molar-refractivity contribution is 5.85. The molecule has 2 rings (SSSR count). The average molecular weight is 351 g/mol. The van der Waals surface area contributed by atoms with E-state index in [0.717, 1.165) is 51.9 Å². The monoisotopic (exact) mass is 350 g/mol. The molecule has 132 valence electrons. The van der Waals surface area contributed by atoms with Gasteiger partial charge in [0.05, 0.1) is 5.56 Å². The summed E-state index contributed by atoms with van der Waals surface area (Å²) in [4.78, 5) is 2.21. The van der Waals surface area contributed by atoms with Gasteiger partial charge in [-0.05, 0) is 18.1 Å². The SMILES string of the molecule is CCCCC[C@@H](c1ccccc1C(F)(F)F)N1CCNCC1.Cl. The summed E-state index contributed by atoms with van der Waals surface area (Å²) in [5.74, 6) is 0. The molecular weight excluding hydrogens is 325 g/mol. The van der Waals surface area contributed by atoms with E-state index in [1.807, 2.05) is 0 Å². The van der Waals surface area contributed by atoms with E-state index in [1.165, 1.54) is 12.1 Å². The van der Waals surface area contributed by atoms with Gasteiger partial charge in [-0.15, -0.1) is 12.4 Å². The maximum absolute atomic E-state index is 13.3. The van der Waals surface area contributed by atoms with Gasteiger partial charge < -0.3 is 5.32 Å². The first-order valence-corrected chi connectivity index (χ1v) is 8.15. The molecule has 1 fully saturated rings. The topological polar surface area (TPSA) is 15.3 Å². The summed E-state index contributed by atoms with van der Waals surface area (Å²) in [6.07, 6.45) is -0.377. The molecule has 0 saturated carbocycles. The molecule has 1 aromatic rings. The number of hydrogen-bond donors (Lipinski definition) is 1. The highest BCUT2D eigenvalue weighted by Gasteiger charge is 2.36. The first-order valence-electron chi connectivity index (χ1n) is 8.15. The molecule has 0 aromatic heterocycles. The van der Waals surface area contributed by atoms with Crippen LogP contribution in [0.3, 0.4) is 0 Å². The minimum Gasteiger partial charge on any atom is -0.314 e. The molecule has 1 aromatic carbocycles. The zero-order valence-corrected chi connectivity index (χ0v) is 14.3. The first-order chi connectivity index (χ1) is 10.5. The third-order valence-corrected chi connectivity index (χ3v) is 4.30. The van der Waals surface area contributed by atoms with E-state index >= 15 is 0 Å². The lowest BCUT2D eigenvalue weighted by Crippen LogP contribution is -2.45. The van der Waals surface area contributed by atoms with E-state index in [1.54, 1.807) is 12.1 Å². The minimum atomic E-state index is -4.28. The van der Waals surface area contributed by atoms with Gasteiger partial charge in [0.2, 0.25) is 0 Å². The molecule has 6 heteroatoms. The summed E-state index contributed by atoms with van der Waals surface area (Å²) in [6.45, 7) is 5.42. The average Bonchev–Trinajstić information content (AvgIpc) is 2.52. The fourth-order valence-corrected chi connectivity index (χ4v) is 3.16. The molecular formula is C17H26ClF3N2. The Bertz CT molecular complexity index is 459. The third-order valence-electron chi connectivity index (χ3n) is 4.30. The van der Waals surface area contributed by atoms with Crippen LogP contribution in [0.5, 0.6) is 0 Å². The fraction of sp³-hybridized carbons (Fsp3) is 0.647. The Morgan fingerprint density at radius 2 is 1.78 bits per heavy atom. The summed E-state index contributed by atoms with van der Waals surface area (Å²) in [6, 6.07) is 5.94. The molecule has 0 spiro atoms. The number of benzene rings is 1. The Morgan fingerprint density at radius 1 is 1.13 bits per heavy atom. The lowest BCUT2D eigenvalue weighted by atomic mass is 9.93. The molecule has 0 unspecified atom stereocenters. The van der Waals surface area contributed by atoms with Crippen LogP contribution in [-0.4, -0.2) is 31.1 Å². The van der Waals surface area contributed by atoms with Gasteiger partial charge in [-0.25, -0.2) is 0 Å². The molecule has 1 saturated heterocycles. The van der Waals surface area contributed by atoms with Crippen molar-refractivity contribution in [3.63, 3.8) is 0 Å². The summed E-state index contributed by atoms with van der Waals surface area (Å²) in [5.41, 5.74) is -0.0389. The van der Waals surface area contributed by atoms with Gasteiger partial charge in [-0.2, -0.15) is 13.2 Å². The van der Waals surface area contributed by atoms with E-state index in [0.29, 0.717) is 5.56 Å². The van der Waals surface area contributed by atoms with Crippen molar-refractivity contribution < 1.29 is 13.2 Å². The predicted octanol–water partition coefficient (Wildman–Crippen LogP) is 4.65. The quantitative estimate of drug-likeness (QED) is 0.751. The van der Waals surface area contributed by atoms with Crippen LogP contribution < -0.4 is 5.32 Å². The van der Waals surface area contributed by atoms with Gasteiger partial charge in [0.1, 0.15) is 0 Å². The van der Waals surface area contributed by atoms with Crippen LogP contribution in [0, 0.1) is 0 Å². The maximum Gasteiger partial charge on any atom is 0.416 e. The molecule has 23 heavy (non-hydrogen) atoms. The maximum atomic E-state index is 13.3. The van der Waals surface area contributed by atoms with Crippen LogP contribution in [-0.2, 0) is 6.18 Å². The van der Waals surface area contributed by atoms with Gasteiger partial charge in [0, 0.05) is 32.2 Å². The Morgan fingerprint density at radius 3 is 2.39 bits per heavy atom. The van der Waals surface area contributed by atoms with Crippen molar-refractivity contribution in [3.8, 4) is 0 Å². The number of rotatable bonds is 6. The fourth-order valence-electron chi connectivity index (χ4n) is 3.16. The second-order valence-electron chi connectivity index (χ2n) is 5.88. The van der Waals surface area contributed by atoms with Crippen LogP contribution in [0.4, 0.5) is 13.2 Å². The van der Waals surface area contributed by atoms with Gasteiger partial charge in [-0.1, -0.05) is 44.4 Å². The molecule has 1 atom stereocenters. The van der Waals surface area contributed by atoms with Crippen molar-refractivity contribution in [1.29, 1.82) is 0 Å². The molecule has 1 heterocycles. The standard InChI is InChI=1S/C17H25F3N2.ClH/c1-2-3-4-9-16(22-12-10-21-11-13-22)14-7-5-6-8-15(14)17(18,19)20;/h5-8,16,21H,2-4,9-13H2,1H3;1H/t16-;/m0./s1. The molecule has 2 nitrogen and oxygen atoms in total. The Balaban J connectivity index is 0.00000264. The highest BCUT2D eigenvalue weighted by Crippen LogP contribution is 2.38. The number of alkyl halides is 3. The van der Waals surface area contributed by atoms with E-state index in [2.05, 4.69) is 17.1 Å². The lowest BCUT2D eigenvalue weighted by molar-refractivity contribution is -0.138. The number of piperazine rings is 1. The first kappa shape index (κ1) is 20.3. The molecule has 0 radical (unpaired) electrons. The van der Waals surface area contributed by atoms with Crippen LogP contribution in [0.15, 0.2) is 24.3 Å². The molecule has 1 aliphatic rings. The van der Waals surface area contributed by atoms with Crippen LogP contribution in [0.2, 0.25) is 0 Å². The van der Waals surface area contributed by atoms with Crippen LogP contribution >= 0.6 is 12.4 Å². The number of hydrogen-bond acceptors (Lipinski definition) is 2. The lowest BCUT2D eigenvalue weighted by Gasteiger charge is -2.36. The molecule has 0 bridgehead atoms. The summed E-state index contributed by atoms with van der Waals surface area (Å²) in [7, 11) is 0. The third kappa shape index (κ3) is 5.66. The van der Waals surface area contributed by atoms with Gasteiger partial charge in [0.15, 0.2) is 0 Å². The number of nitrogens with one attached hydrogen (secondary N) is 1. The highest BCUT2D eigenvalue weighted by atomic mass is 35.5. The number of unbranched alkanes of at least 4 members (excludes halogenated alkanes) is 2. The predicted molar refractivity (Wildman–Crippen MR) is 90.0 cm³/mol. The van der Waals surface area contributed by atoms with Crippen molar-refractivity contribution >= 4 is 12.4 Å². The van der Waals surface area contributed by atoms with E-state index in [9.17, 15) is 13.2 Å². The largest absolute Gasteiger partial charge is 0.416 e. The number of halogens is 4. The van der Waals surface area contributed by atoms with Gasteiger partial charge in [-0.3, -0.25) is 4.90 Å². The van der Waals surface area contributed by atoms with E-state index in [4.69, 9.17) is 0 Å². The van der Waals surface area contributed by atoms with Crippen LogP contribution in [0.1, 0.15) is 49.8 Å². The zero-order chi connectivity index (χ0) is 16.0. The van der Waals surface area contributed by atoms with E-state index < -0.39 is 11.7 Å². The van der Waals surface area contributed by atoms with Crippen molar-refractivity contribution in [2.75, 3.05) is 26.2 Å². The van der Waals surface area contributed by atoms with Crippen molar-refractivity contribution in [3.05, 3.63) is 35.4 Å². The summed E-state index contributed by atoms with van der Waals surface area (Å²) in [5, 5.41) is 3.27. The zero-order valence-electron chi connectivity index (χ0n) is 13.5. The molecule has 0 amide bonds. The van der Waals surface area contributed by atoms with Crippen molar-refractivity contribution in [2.24, 2.45) is 0 Å². The molecule has 1 aliphatic heterocycles. The summed E-state index contributed by atoms with van der Waals surface area (Å²) >= 11 is 0. The van der Waals surface area contributed by atoms with Gasteiger partial charge >= 0.3 is 6.18 Å².